The number of rotatable bonds is 5. The van der Waals surface area contributed by atoms with Crippen LogP contribution in [0.3, 0.4) is 0 Å². The van der Waals surface area contributed by atoms with Gasteiger partial charge in [0.2, 0.25) is 0 Å². The third-order valence-corrected chi connectivity index (χ3v) is 2.79. The molecule has 0 fully saturated rings. The Morgan fingerprint density at radius 1 is 1.20 bits per heavy atom. The highest BCUT2D eigenvalue weighted by Crippen LogP contribution is 2.17. The van der Waals surface area contributed by atoms with E-state index in [1.165, 1.54) is 0 Å². The number of hydrogen-bond donors (Lipinski definition) is 2. The van der Waals surface area contributed by atoms with Crippen molar-refractivity contribution in [2.75, 3.05) is 18.5 Å². The summed E-state index contributed by atoms with van der Waals surface area (Å²) in [5.41, 5.74) is 1.16. The number of benzene rings is 2. The van der Waals surface area contributed by atoms with Gasteiger partial charge in [-0.1, -0.05) is 17.7 Å². The van der Waals surface area contributed by atoms with E-state index in [0.717, 1.165) is 0 Å². The van der Waals surface area contributed by atoms with E-state index in [1.807, 2.05) is 0 Å². The number of anilines is 1. The summed E-state index contributed by atoms with van der Waals surface area (Å²) in [5.74, 6) is 0.413. The fraction of sp³-hybridized carbons (Fsp3) is 0.133. The first-order chi connectivity index (χ1) is 9.69. The van der Waals surface area contributed by atoms with Crippen LogP contribution in [-0.4, -0.2) is 24.2 Å². The minimum absolute atomic E-state index is 0.0345. The lowest BCUT2D eigenvalue weighted by molar-refractivity contribution is 0.102. The maximum atomic E-state index is 12.0. The Morgan fingerprint density at radius 3 is 2.60 bits per heavy atom. The molecule has 0 aliphatic carbocycles. The molecule has 2 aromatic rings. The van der Waals surface area contributed by atoms with Gasteiger partial charge in [0.1, 0.15) is 12.4 Å². The summed E-state index contributed by atoms with van der Waals surface area (Å²) in [7, 11) is 0. The molecule has 104 valence electrons. The molecule has 0 aliphatic heterocycles. The van der Waals surface area contributed by atoms with Crippen molar-refractivity contribution >= 4 is 23.2 Å². The Balaban J connectivity index is 2.01. The fourth-order valence-corrected chi connectivity index (χ4v) is 1.82. The zero-order valence-corrected chi connectivity index (χ0v) is 11.4. The van der Waals surface area contributed by atoms with E-state index in [1.54, 1.807) is 48.5 Å². The zero-order valence-electron chi connectivity index (χ0n) is 10.7. The maximum absolute atomic E-state index is 12.0. The van der Waals surface area contributed by atoms with E-state index in [9.17, 15) is 4.79 Å². The summed E-state index contributed by atoms with van der Waals surface area (Å²) in [5, 5.41) is 11.9. The first-order valence-corrected chi connectivity index (χ1v) is 6.47. The lowest BCUT2D eigenvalue weighted by Gasteiger charge is -2.07. The molecule has 0 heterocycles. The van der Waals surface area contributed by atoms with Crippen LogP contribution in [0, 0.1) is 0 Å². The van der Waals surface area contributed by atoms with Crippen LogP contribution in [0.5, 0.6) is 5.75 Å². The minimum atomic E-state index is -0.225. The zero-order chi connectivity index (χ0) is 14.4. The number of aliphatic hydroxyl groups is 1. The summed E-state index contributed by atoms with van der Waals surface area (Å²) in [4.78, 5) is 12.0. The van der Waals surface area contributed by atoms with Gasteiger partial charge in [-0.2, -0.15) is 0 Å². The lowest BCUT2D eigenvalue weighted by atomic mass is 10.2. The topological polar surface area (TPSA) is 58.6 Å². The van der Waals surface area contributed by atoms with Crippen molar-refractivity contribution in [3.05, 3.63) is 59.1 Å². The highest BCUT2D eigenvalue weighted by molar-refractivity contribution is 6.31. The first kappa shape index (κ1) is 14.4. The molecule has 20 heavy (non-hydrogen) atoms. The number of halogens is 1. The second-order valence-corrected chi connectivity index (χ2v) is 4.50. The third kappa shape index (κ3) is 3.98. The molecule has 0 bridgehead atoms. The van der Waals surface area contributed by atoms with Crippen LogP contribution in [-0.2, 0) is 0 Å². The van der Waals surface area contributed by atoms with Crippen LogP contribution in [0.4, 0.5) is 5.69 Å². The fourth-order valence-electron chi connectivity index (χ4n) is 1.63. The molecule has 0 spiro atoms. The highest BCUT2D eigenvalue weighted by Gasteiger charge is 2.06. The van der Waals surface area contributed by atoms with Gasteiger partial charge in [-0.25, -0.2) is 0 Å². The van der Waals surface area contributed by atoms with E-state index in [0.29, 0.717) is 22.0 Å². The van der Waals surface area contributed by atoms with E-state index < -0.39 is 0 Å². The molecule has 4 nitrogen and oxygen atoms in total. The number of nitrogens with one attached hydrogen (secondary N) is 1. The number of carbonyl (C=O) groups excluding carboxylic acids is 1. The van der Waals surface area contributed by atoms with Crippen molar-refractivity contribution in [3.63, 3.8) is 0 Å². The molecule has 1 amide bonds. The smallest absolute Gasteiger partial charge is 0.255 e. The van der Waals surface area contributed by atoms with Crippen LogP contribution in [0.15, 0.2) is 48.5 Å². The lowest BCUT2D eigenvalue weighted by Crippen LogP contribution is -2.11. The average Bonchev–Trinajstić information content (AvgIpc) is 2.46. The quantitative estimate of drug-likeness (QED) is 0.890. The SMILES string of the molecule is O=C(Nc1ccc(OCCO)cc1)c1cccc(Cl)c1. The van der Waals surface area contributed by atoms with E-state index in [2.05, 4.69) is 5.32 Å². The second-order valence-electron chi connectivity index (χ2n) is 4.06. The van der Waals surface area contributed by atoms with Gasteiger partial charge in [0.05, 0.1) is 6.61 Å². The molecular weight excluding hydrogens is 278 g/mol. The molecule has 0 aliphatic rings. The van der Waals surface area contributed by atoms with E-state index >= 15 is 0 Å². The van der Waals surface area contributed by atoms with E-state index in [4.69, 9.17) is 21.4 Å². The number of amides is 1. The van der Waals surface area contributed by atoms with Crippen LogP contribution >= 0.6 is 11.6 Å². The summed E-state index contributed by atoms with van der Waals surface area (Å²) in [6.45, 7) is 0.210. The number of aliphatic hydroxyl groups excluding tert-OH is 1. The van der Waals surface area contributed by atoms with Crippen LogP contribution < -0.4 is 10.1 Å². The molecule has 5 heteroatoms. The predicted molar refractivity (Wildman–Crippen MR) is 78.4 cm³/mol. The second kappa shape index (κ2) is 6.93. The Bertz CT molecular complexity index is 584. The summed E-state index contributed by atoms with van der Waals surface area (Å²) < 4.78 is 5.24. The molecule has 0 radical (unpaired) electrons. The highest BCUT2D eigenvalue weighted by atomic mass is 35.5. The number of hydrogen-bond acceptors (Lipinski definition) is 3. The summed E-state index contributed by atoms with van der Waals surface area (Å²) in [6, 6.07) is 13.7. The summed E-state index contributed by atoms with van der Waals surface area (Å²) >= 11 is 5.84. The van der Waals surface area contributed by atoms with Gasteiger partial charge in [0, 0.05) is 16.3 Å². The van der Waals surface area contributed by atoms with Gasteiger partial charge in [0.25, 0.3) is 5.91 Å². The summed E-state index contributed by atoms with van der Waals surface area (Å²) in [6.07, 6.45) is 0. The normalized spacial score (nSPS) is 10.1. The predicted octanol–water partition coefficient (Wildman–Crippen LogP) is 2.96. The molecule has 0 aromatic heterocycles. The van der Waals surface area contributed by atoms with Crippen LogP contribution in [0.2, 0.25) is 5.02 Å². The van der Waals surface area contributed by atoms with Crippen LogP contribution in [0.25, 0.3) is 0 Å². The number of ether oxygens (including phenoxy) is 1. The van der Waals surface area contributed by atoms with Gasteiger partial charge >= 0.3 is 0 Å². The van der Waals surface area contributed by atoms with Crippen molar-refractivity contribution in [1.82, 2.24) is 0 Å². The third-order valence-electron chi connectivity index (χ3n) is 2.56. The van der Waals surface area contributed by atoms with Gasteiger partial charge in [-0.3, -0.25) is 4.79 Å². The van der Waals surface area contributed by atoms with Gasteiger partial charge in [-0.15, -0.1) is 0 Å². The largest absolute Gasteiger partial charge is 0.491 e. The molecule has 2 N–H and O–H groups in total. The van der Waals surface area contributed by atoms with Gasteiger partial charge in [-0.05, 0) is 42.5 Å². The average molecular weight is 292 g/mol. The maximum Gasteiger partial charge on any atom is 0.255 e. The molecule has 0 unspecified atom stereocenters. The molecule has 0 saturated heterocycles. The standard InChI is InChI=1S/C15H14ClNO3/c16-12-3-1-2-11(10-12)15(19)17-13-4-6-14(7-5-13)20-9-8-18/h1-7,10,18H,8-9H2,(H,17,19). The monoisotopic (exact) mass is 291 g/mol. The van der Waals surface area contributed by atoms with Crippen molar-refractivity contribution in [3.8, 4) is 5.75 Å². The molecule has 0 atom stereocenters. The molecule has 2 aromatic carbocycles. The number of carbonyl (C=O) groups is 1. The Kier molecular flexibility index (Phi) is 4.98. The first-order valence-electron chi connectivity index (χ1n) is 6.09. The molecular formula is C15H14ClNO3. The minimum Gasteiger partial charge on any atom is -0.491 e. The van der Waals surface area contributed by atoms with Crippen molar-refractivity contribution in [1.29, 1.82) is 0 Å². The molecule has 2 rings (SSSR count). The Labute approximate surface area is 122 Å². The van der Waals surface area contributed by atoms with Crippen molar-refractivity contribution < 1.29 is 14.6 Å². The molecule has 0 saturated carbocycles. The van der Waals surface area contributed by atoms with Gasteiger partial charge < -0.3 is 15.2 Å². The van der Waals surface area contributed by atoms with E-state index in [-0.39, 0.29) is 19.1 Å². The van der Waals surface area contributed by atoms with Crippen molar-refractivity contribution in [2.24, 2.45) is 0 Å². The van der Waals surface area contributed by atoms with Crippen LogP contribution in [0.1, 0.15) is 10.4 Å². The Morgan fingerprint density at radius 2 is 1.95 bits per heavy atom. The van der Waals surface area contributed by atoms with Gasteiger partial charge in [0.15, 0.2) is 0 Å². The van der Waals surface area contributed by atoms with Crippen molar-refractivity contribution in [2.45, 2.75) is 0 Å². The Hall–Kier alpha value is -2.04.